The van der Waals surface area contributed by atoms with Crippen molar-refractivity contribution in [2.75, 3.05) is 4.72 Å². The Kier molecular flexibility index (Phi) is 5.21. The van der Waals surface area contributed by atoms with Crippen LogP contribution >= 0.6 is 0 Å². The number of nitrogens with zero attached hydrogens (tertiary/aromatic N) is 2. The van der Waals surface area contributed by atoms with Gasteiger partial charge in [-0.2, -0.15) is 0 Å². The van der Waals surface area contributed by atoms with Gasteiger partial charge in [-0.1, -0.05) is 44.2 Å². The lowest BCUT2D eigenvalue weighted by atomic mass is 10.1. The number of benzene rings is 2. The van der Waals surface area contributed by atoms with E-state index in [-0.39, 0.29) is 16.5 Å². The van der Waals surface area contributed by atoms with Gasteiger partial charge in [-0.05, 0) is 49.1 Å². The van der Waals surface area contributed by atoms with Crippen LogP contribution < -0.4 is 10.3 Å². The highest BCUT2D eigenvalue weighted by Gasteiger charge is 2.26. The molecule has 2 aromatic carbocycles. The molecule has 6 nitrogen and oxygen atoms in total. The van der Waals surface area contributed by atoms with Crippen molar-refractivity contribution in [2.24, 2.45) is 7.05 Å². The van der Waals surface area contributed by atoms with Gasteiger partial charge in [0.2, 0.25) is 0 Å². The number of rotatable bonds is 5. The Morgan fingerprint density at radius 2 is 1.64 bits per heavy atom. The fourth-order valence-electron chi connectivity index (χ4n) is 3.43. The first-order chi connectivity index (χ1) is 13.1. The van der Waals surface area contributed by atoms with Gasteiger partial charge in [-0.3, -0.25) is 14.2 Å². The predicted octanol–water partition coefficient (Wildman–Crippen LogP) is 3.72. The van der Waals surface area contributed by atoms with Crippen LogP contribution in [-0.4, -0.2) is 17.8 Å². The monoisotopic (exact) mass is 399 g/mol. The van der Waals surface area contributed by atoms with Crippen LogP contribution in [0.25, 0.3) is 5.69 Å². The highest BCUT2D eigenvalue weighted by atomic mass is 32.2. The summed E-state index contributed by atoms with van der Waals surface area (Å²) < 4.78 is 31.9. The predicted molar refractivity (Wildman–Crippen MR) is 112 cm³/mol. The molecule has 0 aliphatic heterocycles. The molecule has 1 heterocycles. The minimum Gasteiger partial charge on any atom is -0.283 e. The Hall–Kier alpha value is -2.80. The first-order valence-corrected chi connectivity index (χ1v) is 10.6. The third-order valence-corrected chi connectivity index (χ3v) is 6.22. The number of nitrogens with one attached hydrogen (secondary N) is 1. The molecule has 7 heteroatoms. The molecule has 0 atom stereocenters. The Labute approximate surface area is 165 Å². The number of hydrogen-bond donors (Lipinski definition) is 1. The highest BCUT2D eigenvalue weighted by molar-refractivity contribution is 7.92. The van der Waals surface area contributed by atoms with Gasteiger partial charge in [-0.15, -0.1) is 0 Å². The van der Waals surface area contributed by atoms with Crippen LogP contribution in [0.5, 0.6) is 0 Å². The molecule has 0 unspecified atom stereocenters. The molecule has 0 fully saturated rings. The van der Waals surface area contributed by atoms with Gasteiger partial charge >= 0.3 is 0 Å². The van der Waals surface area contributed by atoms with Crippen molar-refractivity contribution < 1.29 is 8.42 Å². The molecule has 1 aromatic heterocycles. The smallest absolute Gasteiger partial charge is 0.283 e. The van der Waals surface area contributed by atoms with Gasteiger partial charge in [-0.25, -0.2) is 13.1 Å². The molecule has 28 heavy (non-hydrogen) atoms. The minimum atomic E-state index is -3.91. The SMILES string of the molecule is Cc1ccc(C)c(S(=O)(=O)Nc2c(C(C)C)n(C)n(-c3ccccc3)c2=O)c1. The topological polar surface area (TPSA) is 73.1 Å². The van der Waals surface area contributed by atoms with Crippen molar-refractivity contribution in [3.8, 4) is 5.69 Å². The van der Waals surface area contributed by atoms with E-state index in [1.54, 1.807) is 30.8 Å². The van der Waals surface area contributed by atoms with E-state index in [0.717, 1.165) is 5.56 Å². The van der Waals surface area contributed by atoms with Crippen LogP contribution in [0.4, 0.5) is 5.69 Å². The number of aryl methyl sites for hydroxylation is 2. The highest BCUT2D eigenvalue weighted by Crippen LogP contribution is 2.26. The van der Waals surface area contributed by atoms with Gasteiger partial charge < -0.3 is 0 Å². The summed E-state index contributed by atoms with van der Waals surface area (Å²) >= 11 is 0. The van der Waals surface area contributed by atoms with Crippen LogP contribution in [0.3, 0.4) is 0 Å². The number of para-hydroxylation sites is 1. The quantitative estimate of drug-likeness (QED) is 0.711. The molecule has 148 valence electrons. The number of hydrogen-bond acceptors (Lipinski definition) is 3. The lowest BCUT2D eigenvalue weighted by molar-refractivity contribution is 0.594. The second-order valence-electron chi connectivity index (χ2n) is 7.27. The molecule has 1 N–H and O–H groups in total. The third kappa shape index (κ3) is 3.49. The fourth-order valence-corrected chi connectivity index (χ4v) is 4.83. The normalized spacial score (nSPS) is 11.8. The van der Waals surface area contributed by atoms with E-state index in [0.29, 0.717) is 16.9 Å². The maximum Gasteiger partial charge on any atom is 0.296 e. The average Bonchev–Trinajstić information content (AvgIpc) is 2.87. The lowest BCUT2D eigenvalue weighted by Crippen LogP contribution is -2.23. The number of anilines is 1. The van der Waals surface area contributed by atoms with Crippen molar-refractivity contribution in [2.45, 2.75) is 38.5 Å². The van der Waals surface area contributed by atoms with Crippen molar-refractivity contribution in [3.63, 3.8) is 0 Å². The molecule has 0 spiro atoms. The Bertz CT molecular complexity index is 1170. The first-order valence-electron chi connectivity index (χ1n) is 9.11. The number of aromatic nitrogens is 2. The maximum absolute atomic E-state index is 13.2. The van der Waals surface area contributed by atoms with Crippen LogP contribution in [0.2, 0.25) is 0 Å². The maximum atomic E-state index is 13.2. The molecule has 0 bridgehead atoms. The Morgan fingerprint density at radius 1 is 1.00 bits per heavy atom. The fraction of sp³-hybridized carbons (Fsp3) is 0.286. The molecule has 0 amide bonds. The largest absolute Gasteiger partial charge is 0.296 e. The standard InChI is InChI=1S/C21H25N3O3S/c1-14(2)20-19(21(25)24(23(20)5)17-9-7-6-8-10-17)22-28(26,27)18-13-15(3)11-12-16(18)4/h6-14,22H,1-5H3. The zero-order chi connectivity index (χ0) is 20.6. The van der Waals surface area contributed by atoms with Gasteiger partial charge in [0.15, 0.2) is 0 Å². The number of sulfonamides is 1. The van der Waals surface area contributed by atoms with Crippen LogP contribution in [-0.2, 0) is 17.1 Å². The van der Waals surface area contributed by atoms with E-state index in [4.69, 9.17) is 0 Å². The van der Waals surface area contributed by atoms with E-state index in [2.05, 4.69) is 4.72 Å². The van der Waals surface area contributed by atoms with Gasteiger partial charge in [0.05, 0.1) is 16.3 Å². The Morgan fingerprint density at radius 3 is 2.25 bits per heavy atom. The molecular weight excluding hydrogens is 374 g/mol. The molecular formula is C21H25N3O3S. The van der Waals surface area contributed by atoms with Gasteiger partial charge in [0.1, 0.15) is 5.69 Å². The van der Waals surface area contributed by atoms with E-state index >= 15 is 0 Å². The third-order valence-electron chi connectivity index (χ3n) is 4.73. The second kappa shape index (κ2) is 7.31. The van der Waals surface area contributed by atoms with Crippen molar-refractivity contribution >= 4 is 15.7 Å². The zero-order valence-corrected chi connectivity index (χ0v) is 17.5. The van der Waals surface area contributed by atoms with Crippen molar-refractivity contribution in [1.82, 2.24) is 9.36 Å². The summed E-state index contributed by atoms with van der Waals surface area (Å²) in [6.07, 6.45) is 0. The summed E-state index contributed by atoms with van der Waals surface area (Å²) in [6, 6.07) is 14.4. The van der Waals surface area contributed by atoms with Crippen molar-refractivity contribution in [3.05, 3.63) is 75.7 Å². The summed E-state index contributed by atoms with van der Waals surface area (Å²) in [6.45, 7) is 7.44. The van der Waals surface area contributed by atoms with E-state index in [9.17, 15) is 13.2 Å². The summed E-state index contributed by atoms with van der Waals surface area (Å²) in [4.78, 5) is 13.4. The minimum absolute atomic E-state index is 0.0565. The molecule has 3 rings (SSSR count). The van der Waals surface area contributed by atoms with E-state index in [1.165, 1.54) is 4.68 Å². The summed E-state index contributed by atoms with van der Waals surface area (Å²) in [5, 5.41) is 0. The molecule has 0 saturated carbocycles. The van der Waals surface area contributed by atoms with Gasteiger partial charge in [0.25, 0.3) is 15.6 Å². The first kappa shape index (κ1) is 19.9. The second-order valence-corrected chi connectivity index (χ2v) is 8.92. The molecule has 0 radical (unpaired) electrons. The van der Waals surface area contributed by atoms with Crippen LogP contribution in [0.15, 0.2) is 58.2 Å². The molecule has 0 saturated heterocycles. The molecule has 0 aliphatic rings. The van der Waals surface area contributed by atoms with E-state index < -0.39 is 15.6 Å². The zero-order valence-electron chi connectivity index (χ0n) is 16.7. The molecule has 0 aliphatic carbocycles. The van der Waals surface area contributed by atoms with Crippen LogP contribution in [0.1, 0.15) is 36.6 Å². The van der Waals surface area contributed by atoms with Crippen molar-refractivity contribution in [1.29, 1.82) is 0 Å². The Balaban J connectivity index is 2.20. The van der Waals surface area contributed by atoms with E-state index in [1.807, 2.05) is 57.2 Å². The lowest BCUT2D eigenvalue weighted by Gasteiger charge is -2.14. The van der Waals surface area contributed by atoms with Gasteiger partial charge in [0, 0.05) is 7.05 Å². The average molecular weight is 400 g/mol. The summed E-state index contributed by atoms with van der Waals surface area (Å²) in [5.74, 6) is -0.0565. The summed E-state index contributed by atoms with van der Waals surface area (Å²) in [5.41, 5.74) is 2.46. The van der Waals surface area contributed by atoms with Crippen LogP contribution in [0, 0.1) is 13.8 Å². The summed E-state index contributed by atoms with van der Waals surface area (Å²) in [7, 11) is -2.14. The molecule has 3 aromatic rings.